The van der Waals surface area contributed by atoms with Gasteiger partial charge in [-0.3, -0.25) is 0 Å². The molecule has 0 bridgehead atoms. The first-order valence-corrected chi connectivity index (χ1v) is 4.84. The second-order valence-corrected chi connectivity index (χ2v) is 2.97. The maximum absolute atomic E-state index is 3.69. The molecule has 0 aliphatic carbocycles. The van der Waals surface area contributed by atoms with E-state index < -0.39 is 0 Å². The SMILES string of the molecule is C=CCCCCCNCCC=C. The number of hydrogen-bond acceptors (Lipinski definition) is 1. The van der Waals surface area contributed by atoms with Crippen LogP contribution in [0.1, 0.15) is 32.1 Å². The molecule has 0 rings (SSSR count). The minimum atomic E-state index is 1.07. The van der Waals surface area contributed by atoms with E-state index in [1.165, 1.54) is 19.3 Å². The van der Waals surface area contributed by atoms with Gasteiger partial charge in [0.05, 0.1) is 0 Å². The predicted molar refractivity (Wildman–Crippen MR) is 56.3 cm³/mol. The van der Waals surface area contributed by atoms with Gasteiger partial charge in [0.2, 0.25) is 0 Å². The van der Waals surface area contributed by atoms with Gasteiger partial charge < -0.3 is 5.32 Å². The third-order valence-electron chi connectivity index (χ3n) is 1.79. The highest BCUT2D eigenvalue weighted by Crippen LogP contribution is 1.98. The standard InChI is InChI=1S/C11H21N/c1-3-5-7-8-9-11-12-10-6-4-2/h3-4,12H,1-2,5-11H2. The van der Waals surface area contributed by atoms with Crippen LogP contribution in [0, 0.1) is 0 Å². The molecule has 1 N–H and O–H groups in total. The quantitative estimate of drug-likeness (QED) is 0.411. The Bertz CT molecular complexity index is 93.6. The van der Waals surface area contributed by atoms with Crippen LogP contribution in [0.15, 0.2) is 25.3 Å². The van der Waals surface area contributed by atoms with Crippen molar-refractivity contribution in [3.8, 4) is 0 Å². The zero-order chi connectivity index (χ0) is 9.07. The highest BCUT2D eigenvalue weighted by Gasteiger charge is 1.87. The van der Waals surface area contributed by atoms with Gasteiger partial charge in [0.1, 0.15) is 0 Å². The predicted octanol–water partition coefficient (Wildman–Crippen LogP) is 2.90. The molecule has 0 aliphatic rings. The van der Waals surface area contributed by atoms with Gasteiger partial charge in [0, 0.05) is 0 Å². The third-order valence-corrected chi connectivity index (χ3v) is 1.79. The number of nitrogens with one attached hydrogen (secondary N) is 1. The van der Waals surface area contributed by atoms with Crippen LogP contribution >= 0.6 is 0 Å². The van der Waals surface area contributed by atoms with Crippen LogP contribution in [0.2, 0.25) is 0 Å². The lowest BCUT2D eigenvalue weighted by atomic mass is 10.2. The van der Waals surface area contributed by atoms with E-state index in [4.69, 9.17) is 0 Å². The summed E-state index contributed by atoms with van der Waals surface area (Å²) in [5, 5.41) is 3.37. The lowest BCUT2D eigenvalue weighted by Crippen LogP contribution is -2.15. The molecule has 70 valence electrons. The average molecular weight is 167 g/mol. The molecular formula is C11H21N. The van der Waals surface area contributed by atoms with Gasteiger partial charge in [-0.25, -0.2) is 0 Å². The molecule has 0 saturated carbocycles. The molecule has 0 aromatic heterocycles. The van der Waals surface area contributed by atoms with E-state index >= 15 is 0 Å². The Morgan fingerprint density at radius 3 is 2.25 bits per heavy atom. The van der Waals surface area contributed by atoms with E-state index in [0.29, 0.717) is 0 Å². The molecule has 0 aromatic rings. The van der Waals surface area contributed by atoms with Crippen LogP contribution in [-0.2, 0) is 0 Å². The van der Waals surface area contributed by atoms with Crippen molar-refractivity contribution >= 4 is 0 Å². The molecule has 1 heteroatoms. The van der Waals surface area contributed by atoms with Gasteiger partial charge in [-0.05, 0) is 38.8 Å². The summed E-state index contributed by atoms with van der Waals surface area (Å²) in [6, 6.07) is 0. The van der Waals surface area contributed by atoms with E-state index in [1.54, 1.807) is 0 Å². The van der Waals surface area contributed by atoms with Crippen molar-refractivity contribution in [3.05, 3.63) is 25.3 Å². The normalized spacial score (nSPS) is 9.67. The summed E-state index contributed by atoms with van der Waals surface area (Å²) in [5.74, 6) is 0. The Labute approximate surface area is 76.6 Å². The van der Waals surface area contributed by atoms with E-state index in [9.17, 15) is 0 Å². The molecule has 12 heavy (non-hydrogen) atoms. The first-order chi connectivity index (χ1) is 5.91. The lowest BCUT2D eigenvalue weighted by Gasteiger charge is -2.01. The van der Waals surface area contributed by atoms with Gasteiger partial charge in [-0.2, -0.15) is 0 Å². The van der Waals surface area contributed by atoms with E-state index in [-0.39, 0.29) is 0 Å². The summed E-state index contributed by atoms with van der Waals surface area (Å²) in [6.45, 7) is 9.58. The highest BCUT2D eigenvalue weighted by molar-refractivity contribution is 4.68. The molecule has 0 saturated heterocycles. The summed E-state index contributed by atoms with van der Waals surface area (Å²) < 4.78 is 0. The van der Waals surface area contributed by atoms with Crippen LogP contribution < -0.4 is 5.32 Å². The van der Waals surface area contributed by atoms with E-state index in [2.05, 4.69) is 18.5 Å². The summed E-state index contributed by atoms with van der Waals surface area (Å²) in [6.07, 6.45) is 10.1. The molecule has 0 spiro atoms. The van der Waals surface area contributed by atoms with E-state index in [0.717, 1.165) is 25.9 Å². The molecule has 0 radical (unpaired) electrons. The van der Waals surface area contributed by atoms with Gasteiger partial charge in [0.25, 0.3) is 0 Å². The fourth-order valence-electron chi connectivity index (χ4n) is 1.04. The van der Waals surface area contributed by atoms with Crippen molar-refractivity contribution < 1.29 is 0 Å². The van der Waals surface area contributed by atoms with Gasteiger partial charge >= 0.3 is 0 Å². The Morgan fingerprint density at radius 1 is 0.833 bits per heavy atom. The van der Waals surface area contributed by atoms with Crippen LogP contribution in [0.5, 0.6) is 0 Å². The largest absolute Gasteiger partial charge is 0.316 e. The maximum atomic E-state index is 3.69. The van der Waals surface area contributed by atoms with Crippen molar-refractivity contribution in [1.82, 2.24) is 5.32 Å². The van der Waals surface area contributed by atoms with Crippen LogP contribution in [0.25, 0.3) is 0 Å². The summed E-state index contributed by atoms with van der Waals surface area (Å²) in [7, 11) is 0. The summed E-state index contributed by atoms with van der Waals surface area (Å²) >= 11 is 0. The van der Waals surface area contributed by atoms with Crippen molar-refractivity contribution in [2.75, 3.05) is 13.1 Å². The van der Waals surface area contributed by atoms with Gasteiger partial charge in [-0.1, -0.05) is 18.6 Å². The molecular weight excluding hydrogens is 146 g/mol. The Morgan fingerprint density at radius 2 is 1.58 bits per heavy atom. The zero-order valence-electron chi connectivity index (χ0n) is 8.02. The molecule has 0 amide bonds. The first kappa shape index (κ1) is 11.4. The lowest BCUT2D eigenvalue weighted by molar-refractivity contribution is 0.609. The molecule has 0 heterocycles. The smallest absolute Gasteiger partial charge is 0.00144 e. The Balaban J connectivity index is 2.81. The fourth-order valence-corrected chi connectivity index (χ4v) is 1.04. The minimum absolute atomic E-state index is 1.07. The number of allylic oxidation sites excluding steroid dienone is 1. The molecule has 0 fully saturated rings. The second-order valence-electron chi connectivity index (χ2n) is 2.97. The first-order valence-electron chi connectivity index (χ1n) is 4.84. The molecule has 0 atom stereocenters. The van der Waals surface area contributed by atoms with Crippen LogP contribution in [0.4, 0.5) is 0 Å². The van der Waals surface area contributed by atoms with Gasteiger partial charge in [-0.15, -0.1) is 13.2 Å². The molecule has 0 unspecified atom stereocenters. The Kier molecular flexibility index (Phi) is 9.95. The number of unbranched alkanes of at least 4 members (excludes halogenated alkanes) is 3. The van der Waals surface area contributed by atoms with Gasteiger partial charge in [0.15, 0.2) is 0 Å². The zero-order valence-corrected chi connectivity index (χ0v) is 8.02. The second kappa shape index (κ2) is 10.4. The number of rotatable bonds is 9. The van der Waals surface area contributed by atoms with Crippen LogP contribution in [-0.4, -0.2) is 13.1 Å². The van der Waals surface area contributed by atoms with Crippen molar-refractivity contribution in [1.29, 1.82) is 0 Å². The maximum Gasteiger partial charge on any atom is -0.00144 e. The highest BCUT2D eigenvalue weighted by atomic mass is 14.8. The summed E-state index contributed by atoms with van der Waals surface area (Å²) in [4.78, 5) is 0. The third kappa shape index (κ3) is 9.44. The van der Waals surface area contributed by atoms with E-state index in [1.807, 2.05) is 12.2 Å². The van der Waals surface area contributed by atoms with Crippen LogP contribution in [0.3, 0.4) is 0 Å². The molecule has 0 aliphatic heterocycles. The summed E-state index contributed by atoms with van der Waals surface area (Å²) in [5.41, 5.74) is 0. The average Bonchev–Trinajstić information content (AvgIpc) is 2.10. The molecule has 1 nitrogen and oxygen atoms in total. The fraction of sp³-hybridized carbons (Fsp3) is 0.636. The number of hydrogen-bond donors (Lipinski definition) is 1. The Hall–Kier alpha value is -0.560. The minimum Gasteiger partial charge on any atom is -0.316 e. The molecule has 0 aromatic carbocycles. The van der Waals surface area contributed by atoms with Crippen molar-refractivity contribution in [2.24, 2.45) is 0 Å². The van der Waals surface area contributed by atoms with Crippen molar-refractivity contribution in [2.45, 2.75) is 32.1 Å². The monoisotopic (exact) mass is 167 g/mol. The van der Waals surface area contributed by atoms with Crippen molar-refractivity contribution in [3.63, 3.8) is 0 Å². The topological polar surface area (TPSA) is 12.0 Å².